The highest BCUT2D eigenvalue weighted by molar-refractivity contribution is 7.89. The summed E-state index contributed by atoms with van der Waals surface area (Å²) in [5.41, 5.74) is 1.40. The van der Waals surface area contributed by atoms with Crippen molar-refractivity contribution in [2.45, 2.75) is 69.0 Å². The van der Waals surface area contributed by atoms with Crippen LogP contribution in [0.15, 0.2) is 53.8 Å². The molecular weight excluding hydrogens is 1370 g/mol. The molecule has 0 aliphatic carbocycles. The van der Waals surface area contributed by atoms with Crippen molar-refractivity contribution < 1.29 is 131 Å². The highest BCUT2D eigenvalue weighted by atomic mass is 32.2. The normalized spacial score (nSPS) is 14.6. The van der Waals surface area contributed by atoms with Crippen LogP contribution in [0.5, 0.6) is 5.75 Å². The molecule has 546 valence electrons. The minimum Gasteiger partial charge on any atom is -0.494 e. The van der Waals surface area contributed by atoms with Crippen LogP contribution in [-0.2, 0) is 69.8 Å². The zero-order valence-corrected chi connectivity index (χ0v) is 53.9. The fourth-order valence-electron chi connectivity index (χ4n) is 8.99. The number of nitrogens with zero attached hydrogens (tertiary/aromatic N) is 7. The summed E-state index contributed by atoms with van der Waals surface area (Å²) in [7, 11) is -9.32. The number of ether oxygens (including phenoxy) is 1. The Hall–Kier alpha value is -9.34. The summed E-state index contributed by atoms with van der Waals surface area (Å²) in [6.07, 6.45) is -4.38. The maximum absolute atomic E-state index is 13.6. The quantitative estimate of drug-likeness (QED) is 0.0151. The molecule has 1 aliphatic rings. The number of nitrogens with one attached hydrogen (secondary N) is 7. The number of carbonyl (C=O) groups is 10. The first-order valence-corrected chi connectivity index (χ1v) is 32.1. The molecule has 36 nitrogen and oxygen atoms in total. The summed E-state index contributed by atoms with van der Waals surface area (Å²) in [5.74, 6) is -13.8. The van der Waals surface area contributed by atoms with Crippen molar-refractivity contribution in [3.05, 3.63) is 65.6 Å². The summed E-state index contributed by atoms with van der Waals surface area (Å²) in [4.78, 5) is 130. The maximum Gasteiger partial charge on any atom is 0.490 e. The van der Waals surface area contributed by atoms with Crippen LogP contribution in [0.1, 0.15) is 40.7 Å². The van der Waals surface area contributed by atoms with Crippen molar-refractivity contribution in [2.75, 3.05) is 122 Å². The second-order valence-electron chi connectivity index (χ2n) is 21.3. The average molecular weight is 1450 g/mol. The van der Waals surface area contributed by atoms with Crippen LogP contribution in [-0.4, -0.2) is 292 Å². The van der Waals surface area contributed by atoms with Crippen LogP contribution in [0.4, 0.5) is 32.3 Å². The smallest absolute Gasteiger partial charge is 0.490 e. The molecule has 2 aromatic heterocycles. The van der Waals surface area contributed by atoms with Gasteiger partial charge in [-0.1, -0.05) is 0 Å². The summed E-state index contributed by atoms with van der Waals surface area (Å²) in [6.45, 7) is 2.31. The fraction of sp³-hybridized carbons (Fsp3) is 0.519. The topological polar surface area (TPSA) is 521 Å². The number of fused-ring (bicyclic) bond motifs is 1. The number of benzene rings is 2. The van der Waals surface area contributed by atoms with E-state index in [9.17, 15) is 107 Å². The minimum absolute atomic E-state index is 0.00272. The largest absolute Gasteiger partial charge is 0.494 e. The molecule has 0 unspecified atom stereocenters. The lowest BCUT2D eigenvalue weighted by atomic mass is 10.1. The van der Waals surface area contributed by atoms with E-state index in [4.69, 9.17) is 24.5 Å². The van der Waals surface area contributed by atoms with Crippen LogP contribution in [0.25, 0.3) is 10.9 Å². The molecule has 1 aliphatic heterocycles. The van der Waals surface area contributed by atoms with E-state index in [-0.39, 0.29) is 119 Å². The van der Waals surface area contributed by atoms with Crippen molar-refractivity contribution in [1.82, 2.24) is 65.3 Å². The number of anilines is 1. The predicted molar refractivity (Wildman–Crippen MR) is 327 cm³/mol. The Morgan fingerprint density at radius 3 is 1.61 bits per heavy atom. The second kappa shape index (κ2) is 39.2. The van der Waals surface area contributed by atoms with Gasteiger partial charge in [0.25, 0.3) is 16.0 Å². The highest BCUT2D eigenvalue weighted by Gasteiger charge is 2.39. The zero-order valence-electron chi connectivity index (χ0n) is 52.3. The van der Waals surface area contributed by atoms with Gasteiger partial charge in [0.05, 0.1) is 49.4 Å². The Kier molecular flexibility index (Phi) is 33.1. The maximum atomic E-state index is 13.6. The van der Waals surface area contributed by atoms with Crippen molar-refractivity contribution in [1.29, 1.82) is 0 Å². The van der Waals surface area contributed by atoms with Crippen LogP contribution in [0.2, 0.25) is 0 Å². The molecule has 1 fully saturated rings. The van der Waals surface area contributed by atoms with Gasteiger partial charge < -0.3 is 66.9 Å². The fourth-order valence-corrected chi connectivity index (χ4v) is 11.3. The number of alkyl halides is 6. The number of hydrogen-bond acceptors (Lipinski definition) is 22. The lowest BCUT2D eigenvalue weighted by Gasteiger charge is -2.33. The number of amides is 4. The van der Waals surface area contributed by atoms with Gasteiger partial charge in [0, 0.05) is 115 Å². The lowest BCUT2D eigenvalue weighted by Crippen LogP contribution is -2.54. The lowest BCUT2D eigenvalue weighted by molar-refractivity contribution is -0.193. The summed E-state index contributed by atoms with van der Waals surface area (Å²) < 4.78 is 134. The first kappa shape index (κ1) is 82.9. The molecule has 1 saturated heterocycles. The first-order chi connectivity index (χ1) is 45.6. The number of aryl methyl sites for hydroxylation is 3. The van der Waals surface area contributed by atoms with E-state index >= 15 is 0 Å². The van der Waals surface area contributed by atoms with Crippen molar-refractivity contribution in [3.63, 3.8) is 0 Å². The van der Waals surface area contributed by atoms with E-state index in [0.717, 1.165) is 11.9 Å². The Morgan fingerprint density at radius 1 is 0.653 bits per heavy atom. The number of halogens is 6. The van der Waals surface area contributed by atoms with Crippen LogP contribution in [0, 0.1) is 13.8 Å². The first-order valence-electron chi connectivity index (χ1n) is 29.0. The Bertz CT molecular complexity index is 3540. The molecule has 14 N–H and O–H groups in total. The van der Waals surface area contributed by atoms with Gasteiger partial charge >= 0.3 is 48.2 Å². The molecule has 4 aromatic rings. The number of carboxylic acid groups (broad SMARTS) is 6. The third-order valence-electron chi connectivity index (χ3n) is 13.5. The van der Waals surface area contributed by atoms with E-state index < -0.39 is 136 Å². The number of aromatic nitrogens is 4. The molecular formula is C54H74F6N14O22S2. The van der Waals surface area contributed by atoms with Gasteiger partial charge in [0.15, 0.2) is 5.95 Å². The van der Waals surface area contributed by atoms with Gasteiger partial charge in [-0.25, -0.2) is 23.0 Å². The van der Waals surface area contributed by atoms with Crippen LogP contribution >= 0.6 is 0 Å². The van der Waals surface area contributed by atoms with Crippen molar-refractivity contribution in [2.24, 2.45) is 0 Å². The van der Waals surface area contributed by atoms with Gasteiger partial charge in [-0.3, -0.25) is 67.2 Å². The molecule has 98 heavy (non-hydrogen) atoms. The Morgan fingerprint density at radius 2 is 1.15 bits per heavy atom. The molecule has 0 bridgehead atoms. The van der Waals surface area contributed by atoms with Gasteiger partial charge in [-0.05, 0) is 68.1 Å². The van der Waals surface area contributed by atoms with Crippen LogP contribution < -0.4 is 36.0 Å². The highest BCUT2D eigenvalue weighted by Crippen LogP contribution is 2.27. The summed E-state index contributed by atoms with van der Waals surface area (Å²) >= 11 is 0. The number of hydrogen-bond donors (Lipinski definition) is 14. The number of aliphatic carboxylic acids is 6. The average Bonchev–Trinajstić information content (AvgIpc) is 1.09. The van der Waals surface area contributed by atoms with Gasteiger partial charge in [0.1, 0.15) is 23.6 Å². The number of carbonyl (C=O) groups excluding carboxylic acids is 4. The van der Waals surface area contributed by atoms with Crippen molar-refractivity contribution >= 4 is 96.4 Å². The molecule has 44 heteroatoms. The van der Waals surface area contributed by atoms with Gasteiger partial charge in [-0.15, -0.1) is 0 Å². The third kappa shape index (κ3) is 31.7. The monoisotopic (exact) mass is 1450 g/mol. The van der Waals surface area contributed by atoms with E-state index in [1.165, 1.54) is 35.8 Å². The van der Waals surface area contributed by atoms with E-state index in [2.05, 4.69) is 46.4 Å². The summed E-state index contributed by atoms with van der Waals surface area (Å²) in [6, 6.07) is 4.16. The van der Waals surface area contributed by atoms with E-state index in [0.29, 0.717) is 24.4 Å². The number of carboxylic acids is 6. The van der Waals surface area contributed by atoms with Gasteiger partial charge in [-0.2, -0.15) is 44.6 Å². The second-order valence-corrected chi connectivity index (χ2v) is 24.5. The Labute approximate surface area is 553 Å². The van der Waals surface area contributed by atoms with Crippen molar-refractivity contribution in [3.8, 4) is 5.75 Å². The Balaban J connectivity index is 0.00000160. The molecule has 5 rings (SSSR count). The number of imidazole rings is 1. The number of aromatic amines is 1. The van der Waals surface area contributed by atoms with E-state index in [1.54, 1.807) is 51.3 Å². The summed E-state index contributed by atoms with van der Waals surface area (Å²) in [5, 5.41) is 70.6. The molecule has 0 radical (unpaired) electrons. The molecule has 3 heterocycles. The number of H-pyrrole nitrogens is 1. The zero-order chi connectivity index (χ0) is 73.7. The standard InChI is InChI=1S/C50H72N14O18S2.2C2HF3O2/c1-33-23-37(24-34(2)46(33)84(80,81)59-38(49(75)76)27-56-47(73)35-6-7-40-36(25-35)26-57-64(40)13-4-8-53-50-54-11-12-55-50)82-22-3-5-41(65)51-9-10-52-48(74)39(32-83(77,78)79)58-42(66)28-60-14-16-61(29-43(67)68)18-20-63(31-45(71)72)21-19-62(17-15-60)30-44(69)70;2*3-2(4,5)1(6)7/h6-7,11-12,23-26,38-39,59H,3-5,8-10,13-22,27-32H2,1-2H3,(H,51,65)(H,52,74)(H,56,73)(H,58,66)(H,67,68)(H,69,70)(H,71,72)(H,75,76)(H2,53,54,55)(H,77,78,79);2*(H,6,7)/t38-,39-;;/m0../s1. The molecule has 0 saturated carbocycles. The third-order valence-corrected chi connectivity index (χ3v) is 16.0. The molecule has 4 amide bonds. The minimum atomic E-state index is -5.08. The number of sulfonamides is 1. The van der Waals surface area contributed by atoms with Gasteiger partial charge in [0.2, 0.25) is 27.7 Å². The van der Waals surface area contributed by atoms with E-state index in [1.807, 2.05) is 0 Å². The van der Waals surface area contributed by atoms with Crippen LogP contribution in [0.3, 0.4) is 0 Å². The molecule has 2 aromatic carbocycles. The number of rotatable bonds is 32. The predicted octanol–water partition coefficient (Wildman–Crippen LogP) is -1.45. The SMILES string of the molecule is Cc1cc(OCCCC(=O)NCCNC(=O)[C@H](CS(=O)(=O)O)NC(=O)CN2CCN(CC(=O)O)CCN(CC(=O)O)CCN(CC(=O)O)CC2)cc(C)c1S(=O)(=O)N[C@@H](CNC(=O)c1ccc2c(cnn2CCCNc2ncc[nH]2)c1)C(=O)O.O=C(O)C(F)(F)F.O=C(O)C(F)(F)F. The molecule has 0 spiro atoms. The molecule has 2 atom stereocenters.